The molecule has 0 saturated carbocycles. The first-order chi connectivity index (χ1) is 9.78. The van der Waals surface area contributed by atoms with E-state index in [1.807, 2.05) is 12.1 Å². The molecule has 0 radical (unpaired) electrons. The molecule has 1 aliphatic carbocycles. The van der Waals surface area contributed by atoms with Crippen LogP contribution in [0.15, 0.2) is 48.5 Å². The summed E-state index contributed by atoms with van der Waals surface area (Å²) in [5, 5.41) is 0. The molecule has 2 unspecified atom stereocenters. The highest BCUT2D eigenvalue weighted by Gasteiger charge is 2.25. The van der Waals surface area contributed by atoms with Crippen LogP contribution in [0.2, 0.25) is 0 Å². The van der Waals surface area contributed by atoms with Gasteiger partial charge in [-0.15, -0.1) is 0 Å². The van der Waals surface area contributed by atoms with Crippen molar-refractivity contribution in [3.05, 3.63) is 65.2 Å². The molecular weight excluding hydrogens is 246 g/mol. The highest BCUT2D eigenvalue weighted by atomic mass is 16.5. The molecule has 0 spiro atoms. The van der Waals surface area contributed by atoms with E-state index in [0.29, 0.717) is 5.92 Å². The second-order valence-electron chi connectivity index (χ2n) is 5.49. The van der Waals surface area contributed by atoms with Crippen molar-refractivity contribution in [1.82, 2.24) is 0 Å². The van der Waals surface area contributed by atoms with E-state index >= 15 is 0 Å². The Morgan fingerprint density at radius 3 is 2.60 bits per heavy atom. The van der Waals surface area contributed by atoms with E-state index in [1.165, 1.54) is 16.7 Å². The van der Waals surface area contributed by atoms with Gasteiger partial charge in [0.25, 0.3) is 0 Å². The summed E-state index contributed by atoms with van der Waals surface area (Å²) in [5.41, 5.74) is 10.1. The number of hydrogen-bond acceptors (Lipinski definition) is 2. The number of rotatable bonds is 5. The maximum atomic E-state index is 6.01. The number of ether oxygens (including phenoxy) is 1. The average Bonchev–Trinajstić information content (AvgIpc) is 2.48. The van der Waals surface area contributed by atoms with Crippen LogP contribution < -0.4 is 10.5 Å². The van der Waals surface area contributed by atoms with Gasteiger partial charge in [0.05, 0.1) is 6.61 Å². The van der Waals surface area contributed by atoms with E-state index in [2.05, 4.69) is 43.3 Å². The van der Waals surface area contributed by atoms with Gasteiger partial charge in [-0.3, -0.25) is 0 Å². The third-order valence-electron chi connectivity index (χ3n) is 4.16. The van der Waals surface area contributed by atoms with Crippen molar-refractivity contribution < 1.29 is 4.74 Å². The lowest BCUT2D eigenvalue weighted by molar-refractivity contribution is 0.275. The van der Waals surface area contributed by atoms with E-state index in [1.54, 1.807) is 0 Å². The van der Waals surface area contributed by atoms with Crippen molar-refractivity contribution in [2.75, 3.05) is 6.61 Å². The molecule has 0 saturated heterocycles. The van der Waals surface area contributed by atoms with E-state index < -0.39 is 0 Å². The molecule has 2 N–H and O–H groups in total. The molecule has 2 atom stereocenters. The second kappa shape index (κ2) is 5.68. The zero-order chi connectivity index (χ0) is 13.9. The number of fused-ring (bicyclic) bond motifs is 1. The molecule has 0 amide bonds. The molecule has 2 aromatic rings. The van der Waals surface area contributed by atoms with Gasteiger partial charge in [0, 0.05) is 12.0 Å². The molecule has 1 aliphatic rings. The first kappa shape index (κ1) is 13.2. The summed E-state index contributed by atoms with van der Waals surface area (Å²) in [5.74, 6) is 1.48. The standard InChI is InChI=1S/C18H21NO/c1-2-18(19)13-7-9-16(10-8-13)20-12-15-11-14-5-3-4-6-17(14)15/h3-10,15,18H,2,11-12,19H2,1H3. The minimum atomic E-state index is 0.127. The van der Waals surface area contributed by atoms with Crippen LogP contribution in [0.1, 0.15) is 42.0 Å². The summed E-state index contributed by atoms with van der Waals surface area (Å²) in [6.07, 6.45) is 2.09. The van der Waals surface area contributed by atoms with E-state index in [-0.39, 0.29) is 6.04 Å². The fourth-order valence-electron chi connectivity index (χ4n) is 2.76. The van der Waals surface area contributed by atoms with Crippen molar-refractivity contribution >= 4 is 0 Å². The Morgan fingerprint density at radius 2 is 1.90 bits per heavy atom. The molecule has 2 aromatic carbocycles. The molecule has 3 rings (SSSR count). The van der Waals surface area contributed by atoms with E-state index in [0.717, 1.165) is 25.2 Å². The normalized spacial score (nSPS) is 18.0. The largest absolute Gasteiger partial charge is 0.493 e. The lowest BCUT2D eigenvalue weighted by atomic mass is 9.78. The zero-order valence-corrected chi connectivity index (χ0v) is 11.9. The van der Waals surface area contributed by atoms with Gasteiger partial charge < -0.3 is 10.5 Å². The first-order valence-electron chi connectivity index (χ1n) is 7.34. The summed E-state index contributed by atoms with van der Waals surface area (Å²) < 4.78 is 5.89. The van der Waals surface area contributed by atoms with Crippen LogP contribution in [-0.2, 0) is 6.42 Å². The Balaban J connectivity index is 1.57. The Hall–Kier alpha value is -1.80. The SMILES string of the molecule is CCC(N)c1ccc(OCC2Cc3ccccc32)cc1. The monoisotopic (exact) mass is 267 g/mol. The molecule has 0 fully saturated rings. The van der Waals surface area contributed by atoms with Crippen LogP contribution in [0.5, 0.6) is 5.75 Å². The molecule has 20 heavy (non-hydrogen) atoms. The van der Waals surface area contributed by atoms with Gasteiger partial charge in [-0.1, -0.05) is 43.3 Å². The number of benzene rings is 2. The summed E-state index contributed by atoms with van der Waals surface area (Å²) >= 11 is 0. The maximum absolute atomic E-state index is 6.01. The van der Waals surface area contributed by atoms with Gasteiger partial charge >= 0.3 is 0 Å². The van der Waals surface area contributed by atoms with E-state index in [4.69, 9.17) is 10.5 Å². The molecule has 0 aliphatic heterocycles. The molecule has 2 nitrogen and oxygen atoms in total. The fourth-order valence-corrected chi connectivity index (χ4v) is 2.76. The molecule has 104 valence electrons. The van der Waals surface area contributed by atoms with Crippen molar-refractivity contribution in [2.24, 2.45) is 5.73 Å². The fraction of sp³-hybridized carbons (Fsp3) is 0.333. The van der Waals surface area contributed by atoms with Gasteiger partial charge in [0.2, 0.25) is 0 Å². The number of hydrogen-bond donors (Lipinski definition) is 1. The summed E-state index contributed by atoms with van der Waals surface area (Å²) in [6.45, 7) is 2.86. The van der Waals surface area contributed by atoms with Crippen LogP contribution in [0.3, 0.4) is 0 Å². The summed E-state index contributed by atoms with van der Waals surface area (Å²) in [7, 11) is 0. The van der Waals surface area contributed by atoms with Crippen molar-refractivity contribution in [3.8, 4) is 5.75 Å². The van der Waals surface area contributed by atoms with Gasteiger partial charge in [-0.2, -0.15) is 0 Å². The molecular formula is C18H21NO. The quantitative estimate of drug-likeness (QED) is 0.894. The number of nitrogens with two attached hydrogens (primary N) is 1. The lowest BCUT2D eigenvalue weighted by Gasteiger charge is -2.29. The van der Waals surface area contributed by atoms with Crippen LogP contribution >= 0.6 is 0 Å². The van der Waals surface area contributed by atoms with Crippen LogP contribution in [0, 0.1) is 0 Å². The Kier molecular flexibility index (Phi) is 3.75. The Labute approximate surface area is 120 Å². The van der Waals surface area contributed by atoms with Gasteiger partial charge in [-0.25, -0.2) is 0 Å². The smallest absolute Gasteiger partial charge is 0.119 e. The zero-order valence-electron chi connectivity index (χ0n) is 11.9. The summed E-state index contributed by atoms with van der Waals surface area (Å²) in [4.78, 5) is 0. The van der Waals surface area contributed by atoms with Gasteiger partial charge in [0.15, 0.2) is 0 Å². The third kappa shape index (κ3) is 2.56. The maximum Gasteiger partial charge on any atom is 0.119 e. The van der Waals surface area contributed by atoms with Gasteiger partial charge in [0.1, 0.15) is 5.75 Å². The Bertz CT molecular complexity index is 576. The topological polar surface area (TPSA) is 35.2 Å². The van der Waals surface area contributed by atoms with Crippen molar-refractivity contribution in [2.45, 2.75) is 31.7 Å². The predicted molar refractivity (Wildman–Crippen MR) is 82.0 cm³/mol. The summed E-state index contributed by atoms with van der Waals surface area (Å²) in [6, 6.07) is 16.9. The van der Waals surface area contributed by atoms with E-state index in [9.17, 15) is 0 Å². The Morgan fingerprint density at radius 1 is 1.15 bits per heavy atom. The van der Waals surface area contributed by atoms with Crippen LogP contribution in [0.4, 0.5) is 0 Å². The minimum absolute atomic E-state index is 0.127. The van der Waals surface area contributed by atoms with Crippen LogP contribution in [-0.4, -0.2) is 6.61 Å². The molecule has 2 heteroatoms. The van der Waals surface area contributed by atoms with Crippen LogP contribution in [0.25, 0.3) is 0 Å². The third-order valence-corrected chi connectivity index (χ3v) is 4.16. The minimum Gasteiger partial charge on any atom is -0.493 e. The lowest BCUT2D eigenvalue weighted by Crippen LogP contribution is -2.23. The highest BCUT2D eigenvalue weighted by Crippen LogP contribution is 2.35. The van der Waals surface area contributed by atoms with Gasteiger partial charge in [-0.05, 0) is 41.7 Å². The highest BCUT2D eigenvalue weighted by molar-refractivity contribution is 5.40. The molecule has 0 bridgehead atoms. The first-order valence-corrected chi connectivity index (χ1v) is 7.34. The molecule has 0 heterocycles. The predicted octanol–water partition coefficient (Wildman–Crippen LogP) is 3.82. The molecule has 0 aromatic heterocycles. The van der Waals surface area contributed by atoms with Crippen molar-refractivity contribution in [1.29, 1.82) is 0 Å². The second-order valence-corrected chi connectivity index (χ2v) is 5.49. The van der Waals surface area contributed by atoms with Crippen molar-refractivity contribution in [3.63, 3.8) is 0 Å². The average molecular weight is 267 g/mol.